The second kappa shape index (κ2) is 6.10. The number of imide groups is 1. The lowest BCUT2D eigenvalue weighted by Gasteiger charge is -2.25. The van der Waals surface area contributed by atoms with Crippen LogP contribution in [-0.4, -0.2) is 44.9 Å². The maximum absolute atomic E-state index is 12.4. The van der Waals surface area contributed by atoms with Gasteiger partial charge in [0.2, 0.25) is 0 Å². The molecule has 1 atom stereocenters. The molecule has 1 aliphatic carbocycles. The van der Waals surface area contributed by atoms with Crippen LogP contribution in [0.2, 0.25) is 5.02 Å². The van der Waals surface area contributed by atoms with E-state index < -0.39 is 23.4 Å². The molecule has 9 nitrogen and oxygen atoms in total. The minimum absolute atomic E-state index is 0.00186. The van der Waals surface area contributed by atoms with Crippen molar-refractivity contribution in [1.82, 2.24) is 30.9 Å². The van der Waals surface area contributed by atoms with E-state index in [4.69, 9.17) is 11.6 Å². The molecule has 1 aliphatic heterocycles. The van der Waals surface area contributed by atoms with Crippen molar-refractivity contribution in [3.63, 3.8) is 0 Å². The molecule has 10 heteroatoms. The molecule has 2 fully saturated rings. The van der Waals surface area contributed by atoms with Crippen LogP contribution in [-0.2, 0) is 4.79 Å². The Morgan fingerprint density at radius 1 is 1.31 bits per heavy atom. The molecule has 134 valence electrons. The van der Waals surface area contributed by atoms with Gasteiger partial charge in [0.25, 0.3) is 11.8 Å². The first-order valence-electron chi connectivity index (χ1n) is 8.08. The predicted octanol–water partition coefficient (Wildman–Crippen LogP) is 0.639. The summed E-state index contributed by atoms with van der Waals surface area (Å²) in [6.45, 7) is 0.00186. The average molecular weight is 375 g/mol. The topological polar surface area (TPSA) is 118 Å². The van der Waals surface area contributed by atoms with Gasteiger partial charge in [-0.05, 0) is 43.0 Å². The number of carbonyl (C=O) groups excluding carboxylic acids is 3. The maximum atomic E-state index is 12.4. The summed E-state index contributed by atoms with van der Waals surface area (Å²) in [5.74, 6) is -0.853. The minimum Gasteiger partial charge on any atom is -0.348 e. The van der Waals surface area contributed by atoms with Crippen molar-refractivity contribution in [2.24, 2.45) is 5.92 Å². The van der Waals surface area contributed by atoms with Gasteiger partial charge in [-0.2, -0.15) is 9.90 Å². The zero-order valence-electron chi connectivity index (χ0n) is 13.5. The Kier molecular flexibility index (Phi) is 3.87. The Bertz CT molecular complexity index is 892. The molecule has 2 aliphatic rings. The fourth-order valence-corrected chi connectivity index (χ4v) is 3.14. The van der Waals surface area contributed by atoms with Gasteiger partial charge in [-0.15, -0.1) is 5.10 Å². The largest absolute Gasteiger partial charge is 0.348 e. The fraction of sp³-hybridized carbons (Fsp3) is 0.312. The van der Waals surface area contributed by atoms with E-state index in [0.717, 1.165) is 12.8 Å². The molecular weight excluding hydrogens is 360 g/mol. The van der Waals surface area contributed by atoms with Crippen LogP contribution in [0.5, 0.6) is 0 Å². The molecule has 1 saturated heterocycles. The SMILES string of the molecule is O=C1NC(=O)[C@](CNC(=O)c2cnn(-c3ccc(Cl)cc3)n2)(C2CC2)N1. The van der Waals surface area contributed by atoms with Crippen molar-refractivity contribution in [3.05, 3.63) is 41.2 Å². The number of rotatable bonds is 5. The number of urea groups is 1. The summed E-state index contributed by atoms with van der Waals surface area (Å²) in [5.41, 5.74) is -0.320. The smallest absolute Gasteiger partial charge is 0.322 e. The lowest BCUT2D eigenvalue weighted by atomic mass is 9.93. The van der Waals surface area contributed by atoms with E-state index in [1.54, 1.807) is 24.3 Å². The van der Waals surface area contributed by atoms with Crippen LogP contribution in [0.15, 0.2) is 30.5 Å². The molecular formula is C16H15ClN6O3. The van der Waals surface area contributed by atoms with Crippen LogP contribution in [0.25, 0.3) is 5.69 Å². The second-order valence-corrected chi connectivity index (χ2v) is 6.77. The molecule has 2 heterocycles. The van der Waals surface area contributed by atoms with E-state index in [0.29, 0.717) is 10.7 Å². The van der Waals surface area contributed by atoms with Crippen molar-refractivity contribution in [2.75, 3.05) is 6.54 Å². The Hall–Kier alpha value is -2.94. The van der Waals surface area contributed by atoms with E-state index in [-0.39, 0.29) is 18.2 Å². The number of benzene rings is 1. The van der Waals surface area contributed by atoms with Gasteiger partial charge < -0.3 is 10.6 Å². The number of nitrogens with one attached hydrogen (secondary N) is 3. The highest BCUT2D eigenvalue weighted by atomic mass is 35.5. The van der Waals surface area contributed by atoms with Gasteiger partial charge in [-0.1, -0.05) is 11.6 Å². The van der Waals surface area contributed by atoms with Gasteiger partial charge in [0, 0.05) is 5.02 Å². The van der Waals surface area contributed by atoms with E-state index in [1.165, 1.54) is 11.0 Å². The Morgan fingerprint density at radius 2 is 2.04 bits per heavy atom. The van der Waals surface area contributed by atoms with Gasteiger partial charge in [0.15, 0.2) is 5.69 Å². The summed E-state index contributed by atoms with van der Waals surface area (Å²) in [7, 11) is 0. The average Bonchev–Trinajstić information content (AvgIpc) is 3.28. The van der Waals surface area contributed by atoms with Gasteiger partial charge in [0.05, 0.1) is 18.4 Å². The number of nitrogens with zero attached hydrogens (tertiary/aromatic N) is 3. The molecule has 0 spiro atoms. The van der Waals surface area contributed by atoms with Crippen molar-refractivity contribution in [1.29, 1.82) is 0 Å². The molecule has 4 rings (SSSR count). The van der Waals surface area contributed by atoms with Crippen molar-refractivity contribution in [2.45, 2.75) is 18.4 Å². The number of halogens is 1. The highest BCUT2D eigenvalue weighted by molar-refractivity contribution is 6.30. The number of hydrogen-bond donors (Lipinski definition) is 3. The first-order chi connectivity index (χ1) is 12.5. The summed E-state index contributed by atoms with van der Waals surface area (Å²) in [5, 5.41) is 16.4. The molecule has 1 aromatic carbocycles. The zero-order valence-corrected chi connectivity index (χ0v) is 14.3. The number of carbonyl (C=O) groups is 3. The van der Waals surface area contributed by atoms with Crippen molar-refractivity contribution in [3.8, 4) is 5.69 Å². The van der Waals surface area contributed by atoms with Crippen molar-refractivity contribution >= 4 is 29.4 Å². The van der Waals surface area contributed by atoms with Crippen LogP contribution in [0, 0.1) is 5.92 Å². The number of aromatic nitrogens is 3. The summed E-state index contributed by atoms with van der Waals surface area (Å²) < 4.78 is 0. The first-order valence-corrected chi connectivity index (χ1v) is 8.46. The highest BCUT2D eigenvalue weighted by Gasteiger charge is 2.56. The minimum atomic E-state index is -1.08. The molecule has 1 aromatic heterocycles. The molecule has 2 aromatic rings. The van der Waals surface area contributed by atoms with Crippen molar-refractivity contribution < 1.29 is 14.4 Å². The quantitative estimate of drug-likeness (QED) is 0.664. The standard InChI is InChI=1S/C16H15ClN6O3/c17-10-3-5-11(6-4-10)23-19-7-12(22-23)13(24)18-8-16(9-1-2-9)14(25)20-15(26)21-16/h3-7,9H,1-2,8H2,(H,18,24)(H2,20,21,25,26)/t16-/m0/s1. The second-order valence-electron chi connectivity index (χ2n) is 6.33. The zero-order chi connectivity index (χ0) is 18.3. The van der Waals surface area contributed by atoms with E-state index in [9.17, 15) is 14.4 Å². The third-order valence-corrected chi connectivity index (χ3v) is 4.80. The summed E-state index contributed by atoms with van der Waals surface area (Å²) >= 11 is 5.85. The monoisotopic (exact) mass is 374 g/mol. The Morgan fingerprint density at radius 3 is 2.65 bits per heavy atom. The molecule has 0 unspecified atom stereocenters. The lowest BCUT2D eigenvalue weighted by molar-refractivity contribution is -0.124. The van der Waals surface area contributed by atoms with E-state index in [1.807, 2.05) is 0 Å². The van der Waals surface area contributed by atoms with Crippen LogP contribution in [0.1, 0.15) is 23.3 Å². The summed E-state index contributed by atoms with van der Waals surface area (Å²) in [4.78, 5) is 37.4. The van der Waals surface area contributed by atoms with Crippen LogP contribution in [0.4, 0.5) is 4.79 Å². The van der Waals surface area contributed by atoms with Gasteiger partial charge in [-0.25, -0.2) is 4.79 Å². The van der Waals surface area contributed by atoms with Gasteiger partial charge in [-0.3, -0.25) is 14.9 Å². The van der Waals surface area contributed by atoms with Crippen LogP contribution in [0.3, 0.4) is 0 Å². The van der Waals surface area contributed by atoms with Gasteiger partial charge >= 0.3 is 6.03 Å². The molecule has 4 amide bonds. The lowest BCUT2D eigenvalue weighted by Crippen LogP contribution is -2.57. The third-order valence-electron chi connectivity index (χ3n) is 4.55. The van der Waals surface area contributed by atoms with Crippen LogP contribution >= 0.6 is 11.6 Å². The van der Waals surface area contributed by atoms with E-state index in [2.05, 4.69) is 26.1 Å². The normalized spacial score (nSPS) is 22.0. The molecule has 3 N–H and O–H groups in total. The van der Waals surface area contributed by atoms with E-state index >= 15 is 0 Å². The van der Waals surface area contributed by atoms with Crippen LogP contribution < -0.4 is 16.0 Å². The summed E-state index contributed by atoms with van der Waals surface area (Å²) in [6, 6.07) is 6.31. The third kappa shape index (κ3) is 2.90. The van der Waals surface area contributed by atoms with Gasteiger partial charge in [0.1, 0.15) is 5.54 Å². The highest BCUT2D eigenvalue weighted by Crippen LogP contribution is 2.41. The number of hydrogen-bond acceptors (Lipinski definition) is 5. The fourth-order valence-electron chi connectivity index (χ4n) is 3.01. The predicted molar refractivity (Wildman–Crippen MR) is 90.8 cm³/mol. The molecule has 0 bridgehead atoms. The summed E-state index contributed by atoms with van der Waals surface area (Å²) in [6.07, 6.45) is 2.99. The molecule has 26 heavy (non-hydrogen) atoms. The molecule has 0 radical (unpaired) electrons. The first kappa shape index (κ1) is 16.5. The maximum Gasteiger partial charge on any atom is 0.322 e. The Balaban J connectivity index is 1.46. The number of amides is 4. The Labute approximate surface area is 153 Å². The molecule has 1 saturated carbocycles.